The maximum Gasteiger partial charge on any atom is 0.224 e. The lowest BCUT2D eigenvalue weighted by atomic mass is 10.1. The molecule has 1 saturated carbocycles. The van der Waals surface area contributed by atoms with Crippen LogP contribution in [-0.2, 0) is 11.8 Å². The first kappa shape index (κ1) is 15.3. The minimum Gasteiger partial charge on any atom is -0.349 e. The molecule has 3 rings (SSSR count). The first-order chi connectivity index (χ1) is 10.5. The molecule has 0 radical (unpaired) electrons. The standard InChI is InChI=1S/C17H20BrN3O/c1-10(16-9-19-21(3)11(16)2)20-17(22)15-8-14(15)12-5-4-6-13(18)7-12/h4-7,9-10,14-15H,8H2,1-3H3,(H,20,22)/t10-,14-,15+/m0/s1. The molecule has 1 aliphatic rings. The third-order valence-electron chi connectivity index (χ3n) is 4.50. The summed E-state index contributed by atoms with van der Waals surface area (Å²) in [7, 11) is 1.91. The Bertz CT molecular complexity index is 710. The number of benzene rings is 1. The van der Waals surface area contributed by atoms with E-state index < -0.39 is 0 Å². The van der Waals surface area contributed by atoms with Gasteiger partial charge >= 0.3 is 0 Å². The molecule has 0 unspecified atom stereocenters. The Morgan fingerprint density at radius 3 is 2.91 bits per heavy atom. The zero-order chi connectivity index (χ0) is 15.9. The molecule has 5 heteroatoms. The Morgan fingerprint density at radius 2 is 2.27 bits per heavy atom. The summed E-state index contributed by atoms with van der Waals surface area (Å²) in [5.74, 6) is 0.578. The molecule has 1 aliphatic carbocycles. The van der Waals surface area contributed by atoms with Crippen LogP contribution in [0.5, 0.6) is 0 Å². The average Bonchev–Trinajstić information content (AvgIpc) is 3.21. The number of nitrogens with one attached hydrogen (secondary N) is 1. The van der Waals surface area contributed by atoms with Gasteiger partial charge in [0.1, 0.15) is 0 Å². The maximum atomic E-state index is 12.4. The maximum absolute atomic E-state index is 12.4. The number of nitrogens with zero attached hydrogens (tertiary/aromatic N) is 2. The molecule has 1 aromatic heterocycles. The van der Waals surface area contributed by atoms with Gasteiger partial charge in [-0.15, -0.1) is 0 Å². The second kappa shape index (κ2) is 5.88. The third-order valence-corrected chi connectivity index (χ3v) is 5.00. The Kier molecular flexibility index (Phi) is 4.08. The van der Waals surface area contributed by atoms with Gasteiger partial charge in [0.05, 0.1) is 12.2 Å². The highest BCUT2D eigenvalue weighted by atomic mass is 79.9. The fourth-order valence-electron chi connectivity index (χ4n) is 2.93. The van der Waals surface area contributed by atoms with Crippen molar-refractivity contribution < 1.29 is 4.79 Å². The van der Waals surface area contributed by atoms with Gasteiger partial charge in [0.25, 0.3) is 0 Å². The van der Waals surface area contributed by atoms with Gasteiger partial charge in [0.15, 0.2) is 0 Å². The monoisotopic (exact) mass is 361 g/mol. The molecule has 0 bridgehead atoms. The first-order valence-corrected chi connectivity index (χ1v) is 8.31. The number of amides is 1. The molecule has 0 saturated heterocycles. The fraction of sp³-hybridized carbons (Fsp3) is 0.412. The normalized spacial score (nSPS) is 21.5. The average molecular weight is 362 g/mol. The fourth-order valence-corrected chi connectivity index (χ4v) is 3.35. The summed E-state index contributed by atoms with van der Waals surface area (Å²) in [6, 6.07) is 8.22. The van der Waals surface area contributed by atoms with Crippen LogP contribution >= 0.6 is 15.9 Å². The topological polar surface area (TPSA) is 46.9 Å². The van der Waals surface area contributed by atoms with Crippen molar-refractivity contribution in [3.63, 3.8) is 0 Å². The largest absolute Gasteiger partial charge is 0.349 e. The van der Waals surface area contributed by atoms with Gasteiger partial charge in [-0.2, -0.15) is 5.10 Å². The predicted octanol–water partition coefficient (Wildman–Crippen LogP) is 3.47. The third kappa shape index (κ3) is 2.95. The van der Waals surface area contributed by atoms with E-state index in [0.29, 0.717) is 5.92 Å². The lowest BCUT2D eigenvalue weighted by molar-refractivity contribution is -0.123. The Balaban J connectivity index is 1.63. The van der Waals surface area contributed by atoms with Crippen molar-refractivity contribution in [3.05, 3.63) is 51.8 Å². The summed E-state index contributed by atoms with van der Waals surface area (Å²) in [6.07, 6.45) is 2.76. The summed E-state index contributed by atoms with van der Waals surface area (Å²) in [5, 5.41) is 7.36. The molecule has 2 aromatic rings. The summed E-state index contributed by atoms with van der Waals surface area (Å²) in [4.78, 5) is 12.4. The predicted molar refractivity (Wildman–Crippen MR) is 89.5 cm³/mol. The second-order valence-electron chi connectivity index (χ2n) is 6.04. The van der Waals surface area contributed by atoms with Crippen LogP contribution in [0.3, 0.4) is 0 Å². The molecule has 1 aromatic carbocycles. The van der Waals surface area contributed by atoms with Crippen LogP contribution in [0.15, 0.2) is 34.9 Å². The molecule has 0 spiro atoms. The van der Waals surface area contributed by atoms with Crippen LogP contribution < -0.4 is 5.32 Å². The lowest BCUT2D eigenvalue weighted by Gasteiger charge is -2.14. The van der Waals surface area contributed by atoms with Gasteiger partial charge in [-0.05, 0) is 43.9 Å². The van der Waals surface area contributed by atoms with Crippen LogP contribution in [0.25, 0.3) is 0 Å². The van der Waals surface area contributed by atoms with Crippen molar-refractivity contribution in [2.45, 2.75) is 32.2 Å². The van der Waals surface area contributed by atoms with Crippen molar-refractivity contribution in [1.82, 2.24) is 15.1 Å². The lowest BCUT2D eigenvalue weighted by Crippen LogP contribution is -2.28. The van der Waals surface area contributed by atoms with Gasteiger partial charge in [-0.1, -0.05) is 28.1 Å². The number of halogens is 1. The van der Waals surface area contributed by atoms with Gasteiger partial charge < -0.3 is 5.32 Å². The number of aromatic nitrogens is 2. The quantitative estimate of drug-likeness (QED) is 0.905. The highest BCUT2D eigenvalue weighted by molar-refractivity contribution is 9.10. The molecule has 116 valence electrons. The number of hydrogen-bond acceptors (Lipinski definition) is 2. The minimum absolute atomic E-state index is 0.00930. The van der Waals surface area contributed by atoms with E-state index in [0.717, 1.165) is 22.2 Å². The van der Waals surface area contributed by atoms with E-state index in [1.807, 2.05) is 43.9 Å². The van der Waals surface area contributed by atoms with Crippen molar-refractivity contribution in [2.75, 3.05) is 0 Å². The molecule has 1 amide bonds. The highest BCUT2D eigenvalue weighted by Crippen LogP contribution is 2.48. The Labute approximate surface area is 139 Å². The van der Waals surface area contributed by atoms with Crippen molar-refractivity contribution in [2.24, 2.45) is 13.0 Å². The SMILES string of the molecule is Cc1c([C@H](C)NC(=O)[C@@H]2C[C@H]2c2cccc(Br)c2)cnn1C. The molecule has 3 atom stereocenters. The number of carbonyl (C=O) groups excluding carboxylic acids is 1. The zero-order valence-electron chi connectivity index (χ0n) is 13.0. The van der Waals surface area contributed by atoms with Gasteiger partial charge in [0, 0.05) is 28.7 Å². The summed E-state index contributed by atoms with van der Waals surface area (Å²) in [5.41, 5.74) is 3.40. The van der Waals surface area contributed by atoms with Crippen LogP contribution in [0.2, 0.25) is 0 Å². The van der Waals surface area contributed by atoms with Crippen LogP contribution in [-0.4, -0.2) is 15.7 Å². The molecule has 4 nitrogen and oxygen atoms in total. The highest BCUT2D eigenvalue weighted by Gasteiger charge is 2.44. The van der Waals surface area contributed by atoms with Crippen molar-refractivity contribution in [1.29, 1.82) is 0 Å². The molecule has 0 aliphatic heterocycles. The van der Waals surface area contributed by atoms with E-state index in [2.05, 4.69) is 38.5 Å². The van der Waals surface area contributed by atoms with E-state index in [1.54, 1.807) is 0 Å². The molecule has 1 N–H and O–H groups in total. The first-order valence-electron chi connectivity index (χ1n) is 7.51. The van der Waals surface area contributed by atoms with Crippen LogP contribution in [0.4, 0.5) is 0 Å². The Morgan fingerprint density at radius 1 is 1.50 bits per heavy atom. The van der Waals surface area contributed by atoms with E-state index in [9.17, 15) is 4.79 Å². The van der Waals surface area contributed by atoms with Crippen LogP contribution in [0.1, 0.15) is 42.1 Å². The number of aryl methyl sites for hydroxylation is 1. The van der Waals surface area contributed by atoms with E-state index in [4.69, 9.17) is 0 Å². The van der Waals surface area contributed by atoms with E-state index in [-0.39, 0.29) is 17.9 Å². The minimum atomic E-state index is -0.00930. The summed E-state index contributed by atoms with van der Waals surface area (Å²) >= 11 is 3.49. The number of hydrogen-bond donors (Lipinski definition) is 1. The number of carbonyl (C=O) groups is 1. The molecule has 1 heterocycles. The molecule has 22 heavy (non-hydrogen) atoms. The van der Waals surface area contributed by atoms with Gasteiger partial charge in [-0.3, -0.25) is 9.48 Å². The van der Waals surface area contributed by atoms with E-state index >= 15 is 0 Å². The van der Waals surface area contributed by atoms with Gasteiger partial charge in [-0.25, -0.2) is 0 Å². The zero-order valence-corrected chi connectivity index (χ0v) is 14.6. The van der Waals surface area contributed by atoms with E-state index in [1.165, 1.54) is 5.56 Å². The summed E-state index contributed by atoms with van der Waals surface area (Å²) in [6.45, 7) is 4.03. The van der Waals surface area contributed by atoms with Crippen LogP contribution in [0, 0.1) is 12.8 Å². The van der Waals surface area contributed by atoms with Gasteiger partial charge in [0.2, 0.25) is 5.91 Å². The Hall–Kier alpha value is -1.62. The van der Waals surface area contributed by atoms with Crippen molar-refractivity contribution in [3.8, 4) is 0 Å². The smallest absolute Gasteiger partial charge is 0.224 e. The second-order valence-corrected chi connectivity index (χ2v) is 6.96. The molecular weight excluding hydrogens is 342 g/mol. The molecular formula is C17H20BrN3O. The molecule has 1 fully saturated rings. The number of rotatable bonds is 4. The summed E-state index contributed by atoms with van der Waals surface area (Å²) < 4.78 is 2.90. The van der Waals surface area contributed by atoms with Crippen molar-refractivity contribution >= 4 is 21.8 Å².